The number of sulfonamides is 1. The summed E-state index contributed by atoms with van der Waals surface area (Å²) in [5.74, 6) is 0.125. The van der Waals surface area contributed by atoms with Gasteiger partial charge in [0.05, 0.1) is 12.0 Å². The zero-order valence-electron chi connectivity index (χ0n) is 19.8. The summed E-state index contributed by atoms with van der Waals surface area (Å²) in [6, 6.07) is 11.1. The van der Waals surface area contributed by atoms with Crippen LogP contribution in [0.1, 0.15) is 41.6 Å². The van der Waals surface area contributed by atoms with Crippen molar-refractivity contribution in [2.24, 2.45) is 0 Å². The van der Waals surface area contributed by atoms with Crippen molar-refractivity contribution in [3.8, 4) is 11.5 Å². The highest BCUT2D eigenvalue weighted by Crippen LogP contribution is 2.34. The first-order valence-corrected chi connectivity index (χ1v) is 13.3. The van der Waals surface area contributed by atoms with Gasteiger partial charge in [0.1, 0.15) is 23.6 Å². The van der Waals surface area contributed by atoms with Crippen LogP contribution in [0.2, 0.25) is 0 Å². The minimum atomic E-state index is -3.86. The molecule has 190 valence electrons. The molecule has 3 heterocycles. The highest BCUT2D eigenvalue weighted by atomic mass is 32.2. The second-order valence-electron chi connectivity index (χ2n) is 9.08. The number of piperidine rings is 2. The fourth-order valence-corrected chi connectivity index (χ4v) is 6.68. The first kappa shape index (κ1) is 24.3. The average Bonchev–Trinajstić information content (AvgIpc) is 3.21. The van der Waals surface area contributed by atoms with E-state index in [1.54, 1.807) is 19.2 Å². The van der Waals surface area contributed by atoms with E-state index in [0.717, 1.165) is 5.75 Å². The lowest BCUT2D eigenvalue weighted by Gasteiger charge is -2.32. The molecule has 36 heavy (non-hydrogen) atoms. The number of amides is 3. The van der Waals surface area contributed by atoms with Crippen LogP contribution >= 0.6 is 0 Å². The Bertz CT molecular complexity index is 1300. The molecule has 0 spiro atoms. The lowest BCUT2D eigenvalue weighted by molar-refractivity contribution is -0.136. The summed E-state index contributed by atoms with van der Waals surface area (Å²) in [7, 11) is -2.27. The van der Waals surface area contributed by atoms with Gasteiger partial charge in [0, 0.05) is 37.2 Å². The summed E-state index contributed by atoms with van der Waals surface area (Å²) in [5.41, 5.74) is 0.669. The molecule has 2 aromatic rings. The van der Waals surface area contributed by atoms with Gasteiger partial charge in [-0.15, -0.1) is 0 Å². The zero-order chi connectivity index (χ0) is 25.4. The molecular weight excluding hydrogens is 486 g/mol. The van der Waals surface area contributed by atoms with Crippen LogP contribution < -0.4 is 14.8 Å². The van der Waals surface area contributed by atoms with Gasteiger partial charge in [0.15, 0.2) is 0 Å². The van der Waals surface area contributed by atoms with Gasteiger partial charge in [-0.25, -0.2) is 8.42 Å². The van der Waals surface area contributed by atoms with E-state index in [2.05, 4.69) is 5.32 Å². The van der Waals surface area contributed by atoms with E-state index in [1.807, 2.05) is 24.3 Å². The number of nitrogens with one attached hydrogen (secondary N) is 1. The molecule has 0 saturated carbocycles. The molecule has 2 fully saturated rings. The first-order chi connectivity index (χ1) is 17.3. The quantitative estimate of drug-likeness (QED) is 0.583. The Labute approximate surface area is 209 Å². The van der Waals surface area contributed by atoms with E-state index in [0.29, 0.717) is 24.2 Å². The van der Waals surface area contributed by atoms with Crippen molar-refractivity contribution in [1.29, 1.82) is 0 Å². The molecule has 3 aliphatic rings. The smallest absolute Gasteiger partial charge is 0.255 e. The van der Waals surface area contributed by atoms with Crippen LogP contribution in [0.3, 0.4) is 0 Å². The molecule has 1 atom stereocenters. The third-order valence-corrected chi connectivity index (χ3v) is 8.90. The maximum atomic E-state index is 13.6. The topological polar surface area (TPSA) is 122 Å². The van der Waals surface area contributed by atoms with Crippen molar-refractivity contribution >= 4 is 27.7 Å². The molecule has 3 amide bonds. The molecule has 0 aromatic heterocycles. The van der Waals surface area contributed by atoms with Crippen molar-refractivity contribution < 1.29 is 32.3 Å². The molecule has 1 unspecified atom stereocenters. The predicted octanol–water partition coefficient (Wildman–Crippen LogP) is 1.69. The molecule has 0 bridgehead atoms. The van der Waals surface area contributed by atoms with Crippen LogP contribution in [-0.4, -0.2) is 67.7 Å². The van der Waals surface area contributed by atoms with Gasteiger partial charge in [-0.3, -0.25) is 19.7 Å². The van der Waals surface area contributed by atoms with E-state index in [9.17, 15) is 22.8 Å². The summed E-state index contributed by atoms with van der Waals surface area (Å²) < 4.78 is 39.8. The molecule has 0 aliphatic carbocycles. The lowest BCUT2D eigenvalue weighted by Crippen LogP contribution is -2.52. The molecule has 3 aliphatic heterocycles. The van der Waals surface area contributed by atoms with E-state index in [4.69, 9.17) is 9.47 Å². The monoisotopic (exact) mass is 513 g/mol. The van der Waals surface area contributed by atoms with Gasteiger partial charge in [0.25, 0.3) is 5.91 Å². The number of fused-ring (bicyclic) bond motifs is 1. The predicted molar refractivity (Wildman–Crippen MR) is 128 cm³/mol. The fourth-order valence-electron chi connectivity index (χ4n) is 4.98. The number of nitrogens with zero attached hydrogens (tertiary/aromatic N) is 2. The normalized spacial score (nSPS) is 21.3. The van der Waals surface area contributed by atoms with Gasteiger partial charge in [-0.2, -0.15) is 4.31 Å². The molecule has 5 rings (SSSR count). The van der Waals surface area contributed by atoms with Crippen molar-refractivity contribution in [2.75, 3.05) is 20.2 Å². The van der Waals surface area contributed by atoms with Gasteiger partial charge >= 0.3 is 0 Å². The first-order valence-electron chi connectivity index (χ1n) is 11.9. The van der Waals surface area contributed by atoms with Crippen molar-refractivity contribution in [2.45, 2.75) is 49.3 Å². The lowest BCUT2D eigenvalue weighted by atomic mass is 10.0. The molecule has 1 N–H and O–H groups in total. The average molecular weight is 514 g/mol. The van der Waals surface area contributed by atoms with Gasteiger partial charge in [-0.1, -0.05) is 6.07 Å². The second-order valence-corrected chi connectivity index (χ2v) is 11.0. The van der Waals surface area contributed by atoms with E-state index < -0.39 is 27.9 Å². The number of ether oxygens (including phenoxy) is 2. The fraction of sp³-hybridized carbons (Fsp3) is 0.400. The highest BCUT2D eigenvalue weighted by Gasteiger charge is 2.42. The van der Waals surface area contributed by atoms with Crippen LogP contribution in [0.5, 0.6) is 11.5 Å². The summed E-state index contributed by atoms with van der Waals surface area (Å²) in [6.45, 7) is 0.585. The third-order valence-electron chi connectivity index (χ3n) is 6.92. The van der Waals surface area contributed by atoms with Gasteiger partial charge < -0.3 is 14.4 Å². The molecular formula is C25H27N3O7S. The van der Waals surface area contributed by atoms with E-state index >= 15 is 0 Å². The van der Waals surface area contributed by atoms with Gasteiger partial charge in [-0.05, 0) is 55.7 Å². The molecule has 11 heteroatoms. The largest absolute Gasteiger partial charge is 0.497 e. The number of carbonyl (C=O) groups is 3. The maximum absolute atomic E-state index is 13.6. The van der Waals surface area contributed by atoms with Crippen LogP contribution in [0.4, 0.5) is 0 Å². The van der Waals surface area contributed by atoms with Crippen LogP contribution in [0.25, 0.3) is 0 Å². The molecule has 0 radical (unpaired) electrons. The number of carbonyl (C=O) groups excluding carboxylic acids is 3. The van der Waals surface area contributed by atoms with Crippen LogP contribution in [0.15, 0.2) is 47.4 Å². The number of benzene rings is 2. The Morgan fingerprint density at radius 2 is 1.64 bits per heavy atom. The van der Waals surface area contributed by atoms with E-state index in [1.165, 1.54) is 15.3 Å². The molecule has 2 aromatic carbocycles. The zero-order valence-corrected chi connectivity index (χ0v) is 20.6. The summed E-state index contributed by atoms with van der Waals surface area (Å²) in [6.07, 6.45) is 1.29. The van der Waals surface area contributed by atoms with Crippen LogP contribution in [0, 0.1) is 0 Å². The Balaban J connectivity index is 1.29. The standard InChI is InChI=1S/C25H27N3O7S/c1-34-16-5-7-17(8-6-16)35-18-11-13-27(14-12-18)36(32,33)22-4-2-3-19-20(22)15-28(25(19)31)21-9-10-23(29)26-24(21)30/h2-8,18,21H,9-15H2,1H3,(H,26,29,30). The molecule has 2 saturated heterocycles. The Hall–Kier alpha value is -3.44. The summed E-state index contributed by atoms with van der Waals surface area (Å²) >= 11 is 0. The number of imide groups is 1. The van der Waals surface area contributed by atoms with Crippen molar-refractivity contribution in [3.05, 3.63) is 53.6 Å². The Morgan fingerprint density at radius 1 is 0.944 bits per heavy atom. The third kappa shape index (κ3) is 4.44. The summed E-state index contributed by atoms with van der Waals surface area (Å²) in [4.78, 5) is 38.4. The van der Waals surface area contributed by atoms with Crippen LogP contribution in [-0.2, 0) is 26.2 Å². The number of methoxy groups -OCH3 is 1. The van der Waals surface area contributed by atoms with E-state index in [-0.39, 0.29) is 54.9 Å². The minimum absolute atomic E-state index is 0.00684. The number of hydrogen-bond donors (Lipinski definition) is 1. The van der Waals surface area contributed by atoms with Gasteiger partial charge in [0.2, 0.25) is 21.8 Å². The molecule has 10 nitrogen and oxygen atoms in total. The number of rotatable bonds is 6. The Morgan fingerprint density at radius 3 is 2.31 bits per heavy atom. The second kappa shape index (κ2) is 9.55. The minimum Gasteiger partial charge on any atom is -0.497 e. The van der Waals surface area contributed by atoms with Crippen molar-refractivity contribution in [3.63, 3.8) is 0 Å². The summed E-state index contributed by atoms with van der Waals surface area (Å²) in [5, 5.41) is 2.26. The highest BCUT2D eigenvalue weighted by molar-refractivity contribution is 7.89. The maximum Gasteiger partial charge on any atom is 0.255 e. The number of hydrogen-bond acceptors (Lipinski definition) is 7. The van der Waals surface area contributed by atoms with Crippen molar-refractivity contribution in [1.82, 2.24) is 14.5 Å². The Kier molecular flexibility index (Phi) is 6.44. The SMILES string of the molecule is COc1ccc(OC2CCN(S(=O)(=O)c3cccc4c3CN(C3CCC(=O)NC3=O)C4=O)CC2)cc1.